The third kappa shape index (κ3) is 5.21. The van der Waals surface area contributed by atoms with Gasteiger partial charge in [0.15, 0.2) is 5.96 Å². The molecule has 1 fully saturated rings. The average Bonchev–Trinajstić information content (AvgIpc) is 3.10. The maximum Gasteiger partial charge on any atom is 0.224 e. The number of rotatable bonds is 5. The highest BCUT2D eigenvalue weighted by Crippen LogP contribution is 2.24. The Morgan fingerprint density at radius 2 is 2.20 bits per heavy atom. The van der Waals surface area contributed by atoms with Crippen LogP contribution in [0.15, 0.2) is 16.4 Å². The summed E-state index contributed by atoms with van der Waals surface area (Å²) in [6, 6.07) is 2.68. The smallest absolute Gasteiger partial charge is 0.224 e. The predicted octanol–water partition coefficient (Wildman–Crippen LogP) is 2.91. The third-order valence-corrected chi connectivity index (χ3v) is 6.07. The Labute approximate surface area is 154 Å². The van der Waals surface area contributed by atoms with E-state index < -0.39 is 0 Å². The van der Waals surface area contributed by atoms with Gasteiger partial charge < -0.3 is 15.5 Å². The van der Waals surface area contributed by atoms with Gasteiger partial charge in [0.05, 0.1) is 6.54 Å². The zero-order valence-electron chi connectivity index (χ0n) is 15.2. The molecule has 0 saturated heterocycles. The lowest BCUT2D eigenvalue weighted by Gasteiger charge is -2.27. The number of thiophene rings is 1. The van der Waals surface area contributed by atoms with Crippen molar-refractivity contribution in [1.82, 2.24) is 15.5 Å². The summed E-state index contributed by atoms with van der Waals surface area (Å²) in [7, 11) is 0. The number of fused-ring (bicyclic) bond motifs is 1. The molecule has 1 aromatic rings. The molecule has 3 rings (SSSR count). The van der Waals surface area contributed by atoms with Crippen LogP contribution in [0.4, 0.5) is 0 Å². The number of nitrogens with zero attached hydrogens (tertiary/aromatic N) is 2. The Kier molecular flexibility index (Phi) is 6.73. The summed E-state index contributed by atoms with van der Waals surface area (Å²) in [5, 5.41) is 8.97. The van der Waals surface area contributed by atoms with Crippen molar-refractivity contribution >= 4 is 23.2 Å². The molecule has 0 atom stereocenters. The van der Waals surface area contributed by atoms with Crippen LogP contribution in [0.25, 0.3) is 0 Å². The normalized spacial score (nSPS) is 18.8. The van der Waals surface area contributed by atoms with Crippen LogP contribution < -0.4 is 10.6 Å². The molecule has 1 amide bonds. The van der Waals surface area contributed by atoms with Crippen molar-refractivity contribution in [1.29, 1.82) is 0 Å². The highest BCUT2D eigenvalue weighted by atomic mass is 32.1. The van der Waals surface area contributed by atoms with Gasteiger partial charge >= 0.3 is 0 Å². The third-order valence-electron chi connectivity index (χ3n) is 5.05. The number of carbonyl (C=O) groups is 1. The molecule has 6 heteroatoms. The Balaban J connectivity index is 1.47. The van der Waals surface area contributed by atoms with E-state index in [0.717, 1.165) is 32.0 Å². The van der Waals surface area contributed by atoms with Crippen molar-refractivity contribution < 1.29 is 4.79 Å². The lowest BCUT2D eigenvalue weighted by Crippen LogP contribution is -2.44. The van der Waals surface area contributed by atoms with E-state index in [1.165, 1.54) is 42.5 Å². The van der Waals surface area contributed by atoms with E-state index in [1.54, 1.807) is 11.3 Å². The van der Waals surface area contributed by atoms with Crippen LogP contribution in [-0.2, 0) is 17.8 Å². The average molecular weight is 363 g/mol. The largest absolute Gasteiger partial charge is 0.357 e. The highest BCUT2D eigenvalue weighted by Gasteiger charge is 2.21. The van der Waals surface area contributed by atoms with Crippen LogP contribution in [0, 0.1) is 0 Å². The van der Waals surface area contributed by atoms with Crippen LogP contribution >= 0.6 is 11.3 Å². The van der Waals surface area contributed by atoms with E-state index in [-0.39, 0.29) is 5.91 Å². The predicted molar refractivity (Wildman–Crippen MR) is 104 cm³/mol. The molecule has 5 nitrogen and oxygen atoms in total. The number of hydrogen-bond acceptors (Lipinski definition) is 3. The zero-order chi connectivity index (χ0) is 17.5. The molecule has 2 N–H and O–H groups in total. The highest BCUT2D eigenvalue weighted by molar-refractivity contribution is 7.10. The number of nitrogens with one attached hydrogen (secondary N) is 2. The molecular formula is C19H30N4OS. The molecule has 0 spiro atoms. The molecule has 1 aliphatic carbocycles. The quantitative estimate of drug-likeness (QED) is 0.625. The molecular weight excluding hydrogens is 332 g/mol. The van der Waals surface area contributed by atoms with Crippen LogP contribution in [0.1, 0.15) is 55.9 Å². The standard InChI is InChI=1S/C19H30N4OS/c1-2-20-19(22-16-6-4-3-5-7-16)21-11-8-18(24)23-12-9-17-15(14-23)10-13-25-17/h10,13,16H,2-9,11-12,14H2,1H3,(H2,20,21,22). The maximum atomic E-state index is 12.5. The van der Waals surface area contributed by atoms with Crippen molar-refractivity contribution in [2.75, 3.05) is 19.6 Å². The number of aliphatic imine (C=N–C) groups is 1. The minimum absolute atomic E-state index is 0.217. The first-order valence-electron chi connectivity index (χ1n) is 9.64. The number of carbonyl (C=O) groups excluding carboxylic acids is 1. The Morgan fingerprint density at radius 3 is 3.00 bits per heavy atom. The Bertz CT molecular complexity index is 592. The minimum atomic E-state index is 0.217. The molecule has 0 aromatic carbocycles. The molecule has 138 valence electrons. The van der Waals surface area contributed by atoms with Gasteiger partial charge in [-0.25, -0.2) is 0 Å². The van der Waals surface area contributed by atoms with Gasteiger partial charge in [-0.3, -0.25) is 9.79 Å². The first-order valence-corrected chi connectivity index (χ1v) is 10.5. The molecule has 0 unspecified atom stereocenters. The van der Waals surface area contributed by atoms with E-state index in [9.17, 15) is 4.79 Å². The molecule has 1 saturated carbocycles. The first-order chi connectivity index (χ1) is 12.3. The molecule has 2 aliphatic rings. The van der Waals surface area contributed by atoms with Gasteiger partial charge in [-0.2, -0.15) is 0 Å². The number of amides is 1. The zero-order valence-corrected chi connectivity index (χ0v) is 16.0. The summed E-state index contributed by atoms with van der Waals surface area (Å²) in [6.07, 6.45) is 7.88. The molecule has 0 radical (unpaired) electrons. The van der Waals surface area contributed by atoms with E-state index in [0.29, 0.717) is 19.0 Å². The van der Waals surface area contributed by atoms with Crippen LogP contribution in [0.3, 0.4) is 0 Å². The molecule has 1 aliphatic heterocycles. The van der Waals surface area contributed by atoms with E-state index in [4.69, 9.17) is 0 Å². The molecule has 1 aromatic heterocycles. The van der Waals surface area contributed by atoms with Gasteiger partial charge in [-0.05, 0) is 43.2 Å². The monoisotopic (exact) mass is 362 g/mol. The summed E-state index contributed by atoms with van der Waals surface area (Å²) >= 11 is 1.81. The molecule has 0 bridgehead atoms. The second-order valence-electron chi connectivity index (χ2n) is 6.92. The maximum absolute atomic E-state index is 12.5. The summed E-state index contributed by atoms with van der Waals surface area (Å²) in [5.74, 6) is 1.08. The van der Waals surface area contributed by atoms with Crippen LogP contribution in [0.2, 0.25) is 0 Å². The van der Waals surface area contributed by atoms with E-state index in [1.807, 2.05) is 4.90 Å². The molecule has 25 heavy (non-hydrogen) atoms. The van der Waals surface area contributed by atoms with E-state index >= 15 is 0 Å². The van der Waals surface area contributed by atoms with Crippen LogP contribution in [-0.4, -0.2) is 42.4 Å². The second kappa shape index (κ2) is 9.22. The van der Waals surface area contributed by atoms with Gasteiger partial charge in [-0.15, -0.1) is 11.3 Å². The van der Waals surface area contributed by atoms with Crippen molar-refractivity contribution in [3.8, 4) is 0 Å². The number of hydrogen-bond donors (Lipinski definition) is 2. The molecule has 2 heterocycles. The van der Waals surface area contributed by atoms with Crippen molar-refractivity contribution in [2.24, 2.45) is 4.99 Å². The fourth-order valence-corrected chi connectivity index (χ4v) is 4.53. The van der Waals surface area contributed by atoms with Gasteiger partial charge in [0.2, 0.25) is 5.91 Å². The minimum Gasteiger partial charge on any atom is -0.357 e. The Morgan fingerprint density at radius 1 is 1.36 bits per heavy atom. The summed E-state index contributed by atoms with van der Waals surface area (Å²) < 4.78 is 0. The fourth-order valence-electron chi connectivity index (χ4n) is 3.64. The number of guanidine groups is 1. The van der Waals surface area contributed by atoms with Gasteiger partial charge in [0.1, 0.15) is 0 Å². The Hall–Kier alpha value is -1.56. The summed E-state index contributed by atoms with van der Waals surface area (Å²) in [6.45, 7) is 5.08. The van der Waals surface area contributed by atoms with Crippen molar-refractivity contribution in [3.05, 3.63) is 21.9 Å². The van der Waals surface area contributed by atoms with Crippen molar-refractivity contribution in [2.45, 2.75) is 64.5 Å². The second-order valence-corrected chi connectivity index (χ2v) is 7.92. The van der Waals surface area contributed by atoms with Gasteiger partial charge in [-0.1, -0.05) is 19.3 Å². The van der Waals surface area contributed by atoms with Crippen molar-refractivity contribution in [3.63, 3.8) is 0 Å². The topological polar surface area (TPSA) is 56.7 Å². The summed E-state index contributed by atoms with van der Waals surface area (Å²) in [5.41, 5.74) is 1.32. The first kappa shape index (κ1) is 18.2. The van der Waals surface area contributed by atoms with Gasteiger partial charge in [0.25, 0.3) is 0 Å². The van der Waals surface area contributed by atoms with Gasteiger partial charge in [0, 0.05) is 37.0 Å². The summed E-state index contributed by atoms with van der Waals surface area (Å²) in [4.78, 5) is 20.5. The fraction of sp³-hybridized carbons (Fsp3) is 0.684. The lowest BCUT2D eigenvalue weighted by atomic mass is 9.96. The lowest BCUT2D eigenvalue weighted by molar-refractivity contribution is -0.131. The SMILES string of the molecule is CCNC(=NCCC(=O)N1CCc2sccc2C1)NC1CCCCC1. The van der Waals surface area contributed by atoms with Crippen LogP contribution in [0.5, 0.6) is 0 Å². The van der Waals surface area contributed by atoms with E-state index in [2.05, 4.69) is 34.0 Å².